The van der Waals surface area contributed by atoms with Crippen LogP contribution in [0.4, 0.5) is 0 Å². The third kappa shape index (κ3) is 2.94. The lowest BCUT2D eigenvalue weighted by Crippen LogP contribution is -2.25. The van der Waals surface area contributed by atoms with E-state index >= 15 is 0 Å². The summed E-state index contributed by atoms with van der Waals surface area (Å²) in [6.07, 6.45) is -0.486. The number of hydrogen-bond donors (Lipinski definition) is 1. The molecule has 0 radical (unpaired) electrons. The number of hydrogen-bond acceptors (Lipinski definition) is 2. The highest BCUT2D eigenvalue weighted by atomic mass is 35.5. The third-order valence-electron chi connectivity index (χ3n) is 2.35. The van der Waals surface area contributed by atoms with Crippen LogP contribution in [-0.4, -0.2) is 24.3 Å². The summed E-state index contributed by atoms with van der Waals surface area (Å²) in [6.45, 7) is 1.87. The first-order valence-corrected chi connectivity index (χ1v) is 4.93. The highest BCUT2D eigenvalue weighted by molar-refractivity contribution is 6.31. The van der Waals surface area contributed by atoms with Crippen LogP contribution >= 0.6 is 11.6 Å². The maximum absolute atomic E-state index is 10.8. The van der Waals surface area contributed by atoms with Crippen molar-refractivity contribution in [2.24, 2.45) is 0 Å². The van der Waals surface area contributed by atoms with Crippen LogP contribution < -0.4 is 0 Å². The Kier molecular flexibility index (Phi) is 4.12. The molecule has 1 rings (SSSR count). The summed E-state index contributed by atoms with van der Waals surface area (Å²) in [6, 6.07) is 5.44. The fraction of sp³-hybridized carbons (Fsp3) is 0.364. The van der Waals surface area contributed by atoms with Gasteiger partial charge in [-0.1, -0.05) is 23.7 Å². The molecule has 0 saturated carbocycles. The molecule has 0 amide bonds. The number of carboxylic acids is 1. The molecule has 0 aliphatic heterocycles. The molecular formula is C11H13ClO3. The van der Waals surface area contributed by atoms with Crippen molar-refractivity contribution in [1.82, 2.24) is 0 Å². The van der Waals surface area contributed by atoms with E-state index in [1.54, 1.807) is 12.1 Å². The predicted octanol–water partition coefficient (Wildman–Crippen LogP) is 2.29. The van der Waals surface area contributed by atoms with Crippen molar-refractivity contribution in [2.75, 3.05) is 7.11 Å². The molecule has 0 aliphatic rings. The van der Waals surface area contributed by atoms with Crippen molar-refractivity contribution in [1.29, 1.82) is 0 Å². The predicted molar refractivity (Wildman–Crippen MR) is 58.3 cm³/mol. The van der Waals surface area contributed by atoms with Gasteiger partial charge in [-0.3, -0.25) is 0 Å². The molecule has 0 heterocycles. The first-order valence-electron chi connectivity index (χ1n) is 4.56. The van der Waals surface area contributed by atoms with Gasteiger partial charge in [-0.2, -0.15) is 0 Å². The van der Waals surface area contributed by atoms with Crippen molar-refractivity contribution < 1.29 is 14.6 Å². The van der Waals surface area contributed by atoms with Crippen LogP contribution in [0.3, 0.4) is 0 Å². The average Bonchev–Trinajstić information content (AvgIpc) is 2.19. The lowest BCUT2D eigenvalue weighted by Gasteiger charge is -2.12. The van der Waals surface area contributed by atoms with E-state index in [4.69, 9.17) is 21.4 Å². The molecule has 0 unspecified atom stereocenters. The van der Waals surface area contributed by atoms with Crippen molar-refractivity contribution >= 4 is 17.6 Å². The van der Waals surface area contributed by atoms with Gasteiger partial charge in [0.05, 0.1) is 0 Å². The Morgan fingerprint density at radius 2 is 2.27 bits per heavy atom. The van der Waals surface area contributed by atoms with E-state index in [2.05, 4.69) is 0 Å². The van der Waals surface area contributed by atoms with Crippen LogP contribution in [0.1, 0.15) is 11.1 Å². The molecule has 0 aliphatic carbocycles. The van der Waals surface area contributed by atoms with Crippen LogP contribution in [0.5, 0.6) is 0 Å². The molecule has 82 valence electrons. The summed E-state index contributed by atoms with van der Waals surface area (Å²) in [4.78, 5) is 10.8. The van der Waals surface area contributed by atoms with Crippen molar-refractivity contribution in [3.8, 4) is 0 Å². The standard InChI is InChI=1S/C11H13ClO3/c1-7-8(4-3-5-9(7)12)6-10(15-2)11(13)14/h3-5,10H,6H2,1-2H3,(H,13,14)/t10-/m1/s1. The first-order chi connectivity index (χ1) is 7.06. The summed E-state index contributed by atoms with van der Waals surface area (Å²) in [5, 5.41) is 9.48. The van der Waals surface area contributed by atoms with Crippen LogP contribution in [0.2, 0.25) is 5.02 Å². The zero-order chi connectivity index (χ0) is 11.4. The summed E-state index contributed by atoms with van der Waals surface area (Å²) in [5.41, 5.74) is 1.80. The van der Waals surface area contributed by atoms with Crippen LogP contribution in [-0.2, 0) is 16.0 Å². The minimum absolute atomic E-state index is 0.332. The zero-order valence-electron chi connectivity index (χ0n) is 8.66. The van der Waals surface area contributed by atoms with Gasteiger partial charge in [-0.25, -0.2) is 4.79 Å². The van der Waals surface area contributed by atoms with Gasteiger partial charge in [-0.15, -0.1) is 0 Å². The number of aliphatic carboxylic acids is 1. The third-order valence-corrected chi connectivity index (χ3v) is 2.75. The maximum atomic E-state index is 10.8. The van der Waals surface area contributed by atoms with E-state index in [9.17, 15) is 4.79 Å². The Hall–Kier alpha value is -1.06. The second kappa shape index (κ2) is 5.14. The van der Waals surface area contributed by atoms with Crippen molar-refractivity contribution in [3.05, 3.63) is 34.3 Å². The van der Waals surface area contributed by atoms with Crippen LogP contribution in [0.15, 0.2) is 18.2 Å². The van der Waals surface area contributed by atoms with E-state index in [0.29, 0.717) is 11.4 Å². The number of methoxy groups -OCH3 is 1. The number of carboxylic acid groups (broad SMARTS) is 1. The summed E-state index contributed by atoms with van der Waals surface area (Å²) >= 11 is 5.93. The lowest BCUT2D eigenvalue weighted by atomic mass is 10.0. The minimum Gasteiger partial charge on any atom is -0.479 e. The quantitative estimate of drug-likeness (QED) is 0.860. The van der Waals surface area contributed by atoms with Crippen molar-refractivity contribution in [3.63, 3.8) is 0 Å². The molecule has 15 heavy (non-hydrogen) atoms. The smallest absolute Gasteiger partial charge is 0.333 e. The Morgan fingerprint density at radius 1 is 1.60 bits per heavy atom. The SMILES string of the molecule is CO[C@H](Cc1cccc(Cl)c1C)C(=O)O. The van der Waals surface area contributed by atoms with Gasteiger partial charge < -0.3 is 9.84 Å². The first kappa shape index (κ1) is 12.0. The number of carbonyl (C=O) groups is 1. The molecule has 0 spiro atoms. The maximum Gasteiger partial charge on any atom is 0.333 e. The Balaban J connectivity index is 2.88. The molecule has 3 nitrogen and oxygen atoms in total. The molecule has 1 aromatic carbocycles. The number of rotatable bonds is 4. The highest BCUT2D eigenvalue weighted by Crippen LogP contribution is 2.20. The fourth-order valence-corrected chi connectivity index (χ4v) is 1.54. The molecule has 0 fully saturated rings. The number of ether oxygens (including phenoxy) is 1. The molecular weight excluding hydrogens is 216 g/mol. The van der Waals surface area contributed by atoms with E-state index in [-0.39, 0.29) is 0 Å². The van der Waals surface area contributed by atoms with Crippen LogP contribution in [0.25, 0.3) is 0 Å². The van der Waals surface area contributed by atoms with Gasteiger partial charge in [0.25, 0.3) is 0 Å². The van der Waals surface area contributed by atoms with E-state index in [1.807, 2.05) is 13.0 Å². The van der Waals surface area contributed by atoms with E-state index < -0.39 is 12.1 Å². The largest absolute Gasteiger partial charge is 0.479 e. The van der Waals surface area contributed by atoms with Gasteiger partial charge in [0.2, 0.25) is 0 Å². The monoisotopic (exact) mass is 228 g/mol. The van der Waals surface area contributed by atoms with Gasteiger partial charge in [-0.05, 0) is 24.1 Å². The van der Waals surface area contributed by atoms with Crippen molar-refractivity contribution in [2.45, 2.75) is 19.4 Å². The van der Waals surface area contributed by atoms with Gasteiger partial charge >= 0.3 is 5.97 Å². The van der Waals surface area contributed by atoms with E-state index in [0.717, 1.165) is 11.1 Å². The molecule has 1 N–H and O–H groups in total. The zero-order valence-corrected chi connectivity index (χ0v) is 9.41. The van der Waals surface area contributed by atoms with Gasteiger partial charge in [0.1, 0.15) is 0 Å². The molecule has 0 aromatic heterocycles. The second-order valence-electron chi connectivity index (χ2n) is 3.29. The molecule has 0 saturated heterocycles. The topological polar surface area (TPSA) is 46.5 Å². The summed E-state index contributed by atoms with van der Waals surface area (Å²) < 4.78 is 4.87. The van der Waals surface area contributed by atoms with Gasteiger partial charge in [0, 0.05) is 18.6 Å². The summed E-state index contributed by atoms with van der Waals surface area (Å²) in [5.74, 6) is -0.961. The molecule has 1 atom stereocenters. The number of halogens is 1. The second-order valence-corrected chi connectivity index (χ2v) is 3.70. The van der Waals surface area contributed by atoms with Gasteiger partial charge in [0.15, 0.2) is 6.10 Å². The summed E-state index contributed by atoms with van der Waals surface area (Å²) in [7, 11) is 1.39. The Morgan fingerprint density at radius 3 is 2.80 bits per heavy atom. The minimum atomic E-state index is -0.961. The average molecular weight is 229 g/mol. The fourth-order valence-electron chi connectivity index (χ4n) is 1.34. The number of benzene rings is 1. The highest BCUT2D eigenvalue weighted by Gasteiger charge is 2.18. The van der Waals surface area contributed by atoms with Crippen LogP contribution in [0, 0.1) is 6.92 Å². The Labute approximate surface area is 93.6 Å². The molecule has 1 aromatic rings. The Bertz CT molecular complexity index is 363. The lowest BCUT2D eigenvalue weighted by molar-refractivity contribution is -0.148. The normalized spacial score (nSPS) is 12.5. The molecule has 4 heteroatoms. The molecule has 0 bridgehead atoms. The van der Waals surface area contributed by atoms with E-state index in [1.165, 1.54) is 7.11 Å².